The van der Waals surface area contributed by atoms with Crippen molar-refractivity contribution in [3.8, 4) is 0 Å². The molecule has 0 aromatic carbocycles. The van der Waals surface area contributed by atoms with Crippen LogP contribution in [0.1, 0.15) is 55.4 Å². The molecular weight excluding hydrogens is 447 g/mol. The predicted molar refractivity (Wildman–Crippen MR) is 116 cm³/mol. The summed E-state index contributed by atoms with van der Waals surface area (Å²) in [5, 5.41) is -0.455. The van der Waals surface area contributed by atoms with Crippen molar-refractivity contribution in [3.63, 3.8) is 0 Å². The van der Waals surface area contributed by atoms with Gasteiger partial charge in [-0.15, -0.1) is 0 Å². The monoisotopic (exact) mass is 485 g/mol. The summed E-state index contributed by atoms with van der Waals surface area (Å²) in [4.78, 5) is 26.5. The highest BCUT2D eigenvalue weighted by Crippen LogP contribution is 2.44. The highest BCUT2D eigenvalue weighted by molar-refractivity contribution is 6.74. The van der Waals surface area contributed by atoms with E-state index in [1.165, 1.54) is 0 Å². The summed E-state index contributed by atoms with van der Waals surface area (Å²) in [6, 6.07) is -1.22. The lowest BCUT2D eigenvalue weighted by Crippen LogP contribution is -2.61. The number of rotatable bonds is 5. The molecule has 32 heavy (non-hydrogen) atoms. The second-order valence-corrected chi connectivity index (χ2v) is 15.8. The first-order chi connectivity index (χ1) is 14.0. The van der Waals surface area contributed by atoms with Crippen LogP contribution >= 0.6 is 0 Å². The first kappa shape index (κ1) is 28.7. The fourth-order valence-electron chi connectivity index (χ4n) is 3.21. The Morgan fingerprint density at radius 3 is 1.97 bits per heavy atom. The van der Waals surface area contributed by atoms with Crippen LogP contribution in [0.3, 0.4) is 0 Å². The van der Waals surface area contributed by atoms with Crippen molar-refractivity contribution in [3.05, 3.63) is 0 Å². The van der Waals surface area contributed by atoms with Crippen LogP contribution in [-0.4, -0.2) is 68.6 Å². The van der Waals surface area contributed by atoms with Crippen LogP contribution in [0.2, 0.25) is 18.1 Å². The van der Waals surface area contributed by atoms with Crippen molar-refractivity contribution in [1.82, 2.24) is 4.90 Å². The smallest absolute Gasteiger partial charge is 0.412 e. The highest BCUT2D eigenvalue weighted by atomic mass is 28.4. The van der Waals surface area contributed by atoms with Gasteiger partial charge >= 0.3 is 18.2 Å². The summed E-state index contributed by atoms with van der Waals surface area (Å²) in [5.74, 6) is -4.08. The zero-order valence-electron chi connectivity index (χ0n) is 21.0. The molecule has 0 radical (unpaired) electrons. The number of methoxy groups -OCH3 is 1. The van der Waals surface area contributed by atoms with Gasteiger partial charge in [-0.2, -0.15) is 13.2 Å². The molecule has 0 N–H and O–H groups in total. The number of esters is 1. The summed E-state index contributed by atoms with van der Waals surface area (Å²) in [7, 11) is -1.94. The Hall–Kier alpha value is -1.33. The van der Waals surface area contributed by atoms with Crippen molar-refractivity contribution in [2.24, 2.45) is 5.92 Å². The Labute approximate surface area is 190 Å². The van der Waals surface area contributed by atoms with E-state index >= 15 is 0 Å². The van der Waals surface area contributed by atoms with Crippen LogP contribution in [0.4, 0.5) is 18.0 Å². The van der Waals surface area contributed by atoms with Gasteiger partial charge in [0.05, 0.1) is 25.9 Å². The van der Waals surface area contributed by atoms with Gasteiger partial charge < -0.3 is 18.6 Å². The molecule has 0 saturated carbocycles. The molecule has 1 unspecified atom stereocenters. The molecule has 1 amide bonds. The third kappa shape index (κ3) is 6.60. The minimum absolute atomic E-state index is 0.255. The summed E-state index contributed by atoms with van der Waals surface area (Å²) < 4.78 is 64.4. The van der Waals surface area contributed by atoms with E-state index in [2.05, 4.69) is 4.74 Å². The number of alkyl halides is 3. The largest absolute Gasteiger partial charge is 0.468 e. The van der Waals surface area contributed by atoms with Crippen molar-refractivity contribution >= 4 is 20.4 Å². The van der Waals surface area contributed by atoms with Gasteiger partial charge in [0.1, 0.15) is 11.3 Å². The van der Waals surface area contributed by atoms with E-state index in [9.17, 15) is 22.8 Å². The Kier molecular flexibility index (Phi) is 8.19. The second kappa shape index (κ2) is 9.13. The maximum absolute atomic E-state index is 14.2. The van der Waals surface area contributed by atoms with Gasteiger partial charge in [-0.25, -0.2) is 4.79 Å². The molecule has 0 aromatic heterocycles. The van der Waals surface area contributed by atoms with Crippen molar-refractivity contribution < 1.29 is 41.4 Å². The molecule has 1 saturated heterocycles. The number of halogens is 3. The zero-order valence-corrected chi connectivity index (χ0v) is 22.0. The Morgan fingerprint density at radius 1 is 1.09 bits per heavy atom. The molecule has 1 heterocycles. The van der Waals surface area contributed by atoms with Gasteiger partial charge in [0, 0.05) is 0 Å². The van der Waals surface area contributed by atoms with Crippen LogP contribution < -0.4 is 0 Å². The van der Waals surface area contributed by atoms with E-state index in [4.69, 9.17) is 13.9 Å². The number of hydrogen-bond donors (Lipinski definition) is 0. The lowest BCUT2D eigenvalue weighted by molar-refractivity contribution is -0.216. The number of ether oxygens (including phenoxy) is 3. The topological polar surface area (TPSA) is 74.3 Å². The number of amides is 1. The van der Waals surface area contributed by atoms with Gasteiger partial charge in [-0.1, -0.05) is 20.8 Å². The molecule has 1 aliphatic rings. The van der Waals surface area contributed by atoms with E-state index in [0.29, 0.717) is 0 Å². The summed E-state index contributed by atoms with van der Waals surface area (Å²) >= 11 is 0. The van der Waals surface area contributed by atoms with E-state index in [1.54, 1.807) is 47.7 Å². The maximum atomic E-state index is 14.2. The van der Waals surface area contributed by atoms with Gasteiger partial charge in [0.15, 0.2) is 14.2 Å². The molecule has 3 atom stereocenters. The molecule has 188 valence electrons. The molecule has 0 spiro atoms. The van der Waals surface area contributed by atoms with E-state index in [-0.39, 0.29) is 6.61 Å². The molecule has 0 aromatic rings. The Morgan fingerprint density at radius 2 is 1.59 bits per heavy atom. The lowest BCUT2D eigenvalue weighted by atomic mass is 9.94. The minimum Gasteiger partial charge on any atom is -0.468 e. The van der Waals surface area contributed by atoms with Gasteiger partial charge in [-0.05, 0) is 52.8 Å². The van der Waals surface area contributed by atoms with Gasteiger partial charge in [-0.3, -0.25) is 9.69 Å². The summed E-state index contributed by atoms with van der Waals surface area (Å²) in [6.07, 6.45) is -7.55. The zero-order chi connectivity index (χ0) is 25.5. The van der Waals surface area contributed by atoms with Gasteiger partial charge in [0.25, 0.3) is 0 Å². The Balaban J connectivity index is 3.63. The van der Waals surface area contributed by atoms with Crippen molar-refractivity contribution in [2.45, 2.75) is 103 Å². The average molecular weight is 486 g/mol. The van der Waals surface area contributed by atoms with E-state index < -0.39 is 61.0 Å². The normalized spacial score (nSPS) is 21.8. The number of hydrogen-bond acceptors (Lipinski definition) is 6. The number of carbonyl (C=O) groups excluding carboxylic acids is 2. The molecule has 0 aliphatic carbocycles. The lowest BCUT2D eigenvalue weighted by Gasteiger charge is -2.45. The van der Waals surface area contributed by atoms with Crippen LogP contribution in [0.5, 0.6) is 0 Å². The standard InChI is InChI=1S/C21H38F3NO6Si/c1-18(2,3)30-17(27)25-13(12-29-20(25,7)8)15(31-32(10,11)19(4,5)6)14(16(26)28-9)21(22,23)24/h13-15H,12H2,1-11H3/t13?,14-,15+/m1/s1. The molecular formula is C21H38F3NO6Si. The van der Waals surface area contributed by atoms with Gasteiger partial charge in [0.2, 0.25) is 0 Å². The van der Waals surface area contributed by atoms with Crippen LogP contribution in [0, 0.1) is 5.92 Å². The Bertz CT molecular complexity index is 697. The third-order valence-corrected chi connectivity index (χ3v) is 10.3. The minimum atomic E-state index is -4.97. The van der Waals surface area contributed by atoms with Crippen LogP contribution in [-0.2, 0) is 23.4 Å². The second-order valence-electron chi connectivity index (χ2n) is 11.1. The quantitative estimate of drug-likeness (QED) is 0.398. The van der Waals surface area contributed by atoms with Crippen molar-refractivity contribution in [1.29, 1.82) is 0 Å². The molecule has 0 bridgehead atoms. The summed E-state index contributed by atoms with van der Waals surface area (Å²) in [5.41, 5.74) is -2.16. The first-order valence-corrected chi connectivity index (χ1v) is 13.4. The predicted octanol–water partition coefficient (Wildman–Crippen LogP) is 5.10. The van der Waals surface area contributed by atoms with E-state index in [1.807, 2.05) is 20.8 Å². The molecule has 11 heteroatoms. The molecule has 1 rings (SSSR count). The van der Waals surface area contributed by atoms with Crippen molar-refractivity contribution in [2.75, 3.05) is 13.7 Å². The fourth-order valence-corrected chi connectivity index (χ4v) is 4.53. The maximum Gasteiger partial charge on any atom is 0.412 e. The average Bonchev–Trinajstić information content (AvgIpc) is 2.85. The third-order valence-electron chi connectivity index (χ3n) is 5.86. The highest BCUT2D eigenvalue weighted by Gasteiger charge is 2.60. The van der Waals surface area contributed by atoms with E-state index in [0.717, 1.165) is 12.0 Å². The fraction of sp³-hybridized carbons (Fsp3) is 0.905. The molecule has 1 fully saturated rings. The number of nitrogens with zero attached hydrogens (tertiary/aromatic N) is 1. The first-order valence-electron chi connectivity index (χ1n) is 10.5. The van der Waals surface area contributed by atoms with Crippen LogP contribution in [0.25, 0.3) is 0 Å². The summed E-state index contributed by atoms with van der Waals surface area (Å²) in [6.45, 7) is 17.0. The number of carbonyl (C=O) groups is 2. The molecule has 1 aliphatic heterocycles. The van der Waals surface area contributed by atoms with Crippen LogP contribution in [0.15, 0.2) is 0 Å². The molecule has 7 nitrogen and oxygen atoms in total. The SMILES string of the molecule is COC(=O)[C@@H]([C@@H](O[Si](C)(C)C(C)(C)C)C1COC(C)(C)N1C(=O)OC(C)(C)C)C(F)(F)F.